The van der Waals surface area contributed by atoms with Crippen molar-refractivity contribution in [2.24, 2.45) is 11.8 Å². The molecule has 0 N–H and O–H groups in total. The fourth-order valence-corrected chi connectivity index (χ4v) is 2.26. The van der Waals surface area contributed by atoms with Crippen molar-refractivity contribution in [3.05, 3.63) is 0 Å². The van der Waals surface area contributed by atoms with Gasteiger partial charge in [-0.3, -0.25) is 4.84 Å². The first-order chi connectivity index (χ1) is 6.70. The molecular weight excluding hydrogens is 174 g/mol. The van der Waals surface area contributed by atoms with Gasteiger partial charge in [0, 0.05) is 13.1 Å². The molecule has 0 amide bonds. The summed E-state index contributed by atoms with van der Waals surface area (Å²) in [6, 6.07) is 0.677. The average Bonchev–Trinajstić information content (AvgIpc) is 2.12. The maximum absolute atomic E-state index is 5.65. The third-order valence-corrected chi connectivity index (χ3v) is 3.63. The fraction of sp³-hybridized carbons (Fsp3) is 1.00. The van der Waals surface area contributed by atoms with Crippen LogP contribution in [0.25, 0.3) is 0 Å². The van der Waals surface area contributed by atoms with Crippen molar-refractivity contribution in [3.63, 3.8) is 0 Å². The molecule has 0 aromatic rings. The second kappa shape index (κ2) is 5.72. The van der Waals surface area contributed by atoms with E-state index in [1.54, 1.807) is 0 Å². The number of hydroxylamine groups is 2. The maximum Gasteiger partial charge on any atom is 0.0682 e. The van der Waals surface area contributed by atoms with E-state index in [-0.39, 0.29) is 0 Å². The zero-order valence-electron chi connectivity index (χ0n) is 10.1. The van der Waals surface area contributed by atoms with Crippen molar-refractivity contribution < 1.29 is 4.84 Å². The van der Waals surface area contributed by atoms with Gasteiger partial charge in [-0.1, -0.05) is 27.2 Å². The van der Waals surface area contributed by atoms with E-state index in [0.29, 0.717) is 6.04 Å². The van der Waals surface area contributed by atoms with Gasteiger partial charge in [0.25, 0.3) is 0 Å². The quantitative estimate of drug-likeness (QED) is 0.610. The molecule has 0 aromatic heterocycles. The standard InChI is InChI=1S/C12H25NO/c1-5-9-14-13(4)12-8-7-11(12)10(3)6-2/h10-12H,5-9H2,1-4H3. The summed E-state index contributed by atoms with van der Waals surface area (Å²) in [4.78, 5) is 5.65. The van der Waals surface area contributed by atoms with Crippen LogP contribution in [-0.4, -0.2) is 24.8 Å². The largest absolute Gasteiger partial charge is 0.299 e. The normalized spacial score (nSPS) is 28.9. The lowest BCUT2D eigenvalue weighted by Crippen LogP contribution is -2.47. The van der Waals surface area contributed by atoms with Crippen molar-refractivity contribution in [3.8, 4) is 0 Å². The summed E-state index contributed by atoms with van der Waals surface area (Å²) in [5.74, 6) is 1.71. The van der Waals surface area contributed by atoms with E-state index < -0.39 is 0 Å². The van der Waals surface area contributed by atoms with E-state index in [0.717, 1.165) is 24.9 Å². The summed E-state index contributed by atoms with van der Waals surface area (Å²) < 4.78 is 0. The van der Waals surface area contributed by atoms with Crippen molar-refractivity contribution in [1.29, 1.82) is 0 Å². The highest BCUT2D eigenvalue weighted by molar-refractivity contribution is 4.88. The smallest absolute Gasteiger partial charge is 0.0682 e. The molecule has 0 saturated heterocycles. The zero-order chi connectivity index (χ0) is 10.6. The third-order valence-electron chi connectivity index (χ3n) is 3.63. The Morgan fingerprint density at radius 3 is 2.50 bits per heavy atom. The summed E-state index contributed by atoms with van der Waals surface area (Å²) in [5.41, 5.74) is 0. The Hall–Kier alpha value is -0.0800. The van der Waals surface area contributed by atoms with Gasteiger partial charge in [0.15, 0.2) is 0 Å². The van der Waals surface area contributed by atoms with Crippen molar-refractivity contribution >= 4 is 0 Å². The first-order valence-electron chi connectivity index (χ1n) is 6.06. The van der Waals surface area contributed by atoms with Crippen LogP contribution in [0.3, 0.4) is 0 Å². The van der Waals surface area contributed by atoms with E-state index in [4.69, 9.17) is 4.84 Å². The minimum absolute atomic E-state index is 0.677. The molecular formula is C12H25NO. The number of rotatable bonds is 6. The second-order valence-electron chi connectivity index (χ2n) is 4.57. The minimum atomic E-state index is 0.677. The molecule has 0 bridgehead atoms. The Morgan fingerprint density at radius 1 is 1.36 bits per heavy atom. The summed E-state index contributed by atoms with van der Waals surface area (Å²) in [6.45, 7) is 7.67. The highest BCUT2D eigenvalue weighted by Crippen LogP contribution is 2.38. The molecule has 0 aliphatic heterocycles. The SMILES string of the molecule is CCCON(C)C1CCC1C(C)CC. The number of hydrogen-bond donors (Lipinski definition) is 0. The highest BCUT2D eigenvalue weighted by atomic mass is 16.7. The van der Waals surface area contributed by atoms with E-state index in [1.807, 2.05) is 0 Å². The molecule has 0 aromatic carbocycles. The fourth-order valence-electron chi connectivity index (χ4n) is 2.26. The molecule has 0 radical (unpaired) electrons. The van der Waals surface area contributed by atoms with E-state index >= 15 is 0 Å². The van der Waals surface area contributed by atoms with Crippen LogP contribution in [-0.2, 0) is 4.84 Å². The van der Waals surface area contributed by atoms with Crippen LogP contribution in [0.2, 0.25) is 0 Å². The minimum Gasteiger partial charge on any atom is -0.299 e. The molecule has 2 heteroatoms. The average molecular weight is 199 g/mol. The van der Waals surface area contributed by atoms with Crippen molar-refractivity contribution in [2.75, 3.05) is 13.7 Å². The van der Waals surface area contributed by atoms with Crippen LogP contribution in [0.15, 0.2) is 0 Å². The lowest BCUT2D eigenvalue weighted by Gasteiger charge is -2.44. The second-order valence-corrected chi connectivity index (χ2v) is 4.57. The lowest BCUT2D eigenvalue weighted by atomic mass is 9.71. The van der Waals surface area contributed by atoms with E-state index in [2.05, 4.69) is 32.9 Å². The molecule has 0 spiro atoms. The number of hydrogen-bond acceptors (Lipinski definition) is 2. The molecule has 1 rings (SSSR count). The van der Waals surface area contributed by atoms with Crippen LogP contribution in [0.5, 0.6) is 0 Å². The predicted octanol–water partition coefficient (Wildman–Crippen LogP) is 3.08. The third kappa shape index (κ3) is 2.71. The lowest BCUT2D eigenvalue weighted by molar-refractivity contribution is -0.203. The Kier molecular flexibility index (Phi) is 4.90. The van der Waals surface area contributed by atoms with Crippen LogP contribution in [0, 0.1) is 11.8 Å². The summed E-state index contributed by atoms with van der Waals surface area (Å²) in [7, 11) is 2.09. The van der Waals surface area contributed by atoms with Gasteiger partial charge < -0.3 is 0 Å². The van der Waals surface area contributed by atoms with Crippen molar-refractivity contribution in [2.45, 2.75) is 52.5 Å². The highest BCUT2D eigenvalue weighted by Gasteiger charge is 2.37. The maximum atomic E-state index is 5.65. The van der Waals surface area contributed by atoms with E-state index in [1.165, 1.54) is 19.3 Å². The first-order valence-corrected chi connectivity index (χ1v) is 6.06. The zero-order valence-corrected chi connectivity index (χ0v) is 10.1. The van der Waals surface area contributed by atoms with E-state index in [9.17, 15) is 0 Å². The topological polar surface area (TPSA) is 12.5 Å². The molecule has 1 aliphatic rings. The van der Waals surface area contributed by atoms with Crippen molar-refractivity contribution in [1.82, 2.24) is 5.06 Å². The molecule has 14 heavy (non-hydrogen) atoms. The van der Waals surface area contributed by atoms with Gasteiger partial charge in [0.05, 0.1) is 6.61 Å². The molecule has 1 fully saturated rings. The van der Waals surface area contributed by atoms with Gasteiger partial charge in [-0.25, -0.2) is 0 Å². The van der Waals surface area contributed by atoms with Crippen LogP contribution >= 0.6 is 0 Å². The predicted molar refractivity (Wildman–Crippen MR) is 60.0 cm³/mol. The van der Waals surface area contributed by atoms with Crippen LogP contribution in [0.4, 0.5) is 0 Å². The van der Waals surface area contributed by atoms with Crippen LogP contribution in [0.1, 0.15) is 46.5 Å². The van der Waals surface area contributed by atoms with Gasteiger partial charge in [0.1, 0.15) is 0 Å². The Morgan fingerprint density at radius 2 is 2.07 bits per heavy atom. The van der Waals surface area contributed by atoms with Gasteiger partial charge >= 0.3 is 0 Å². The Labute approximate surface area is 88.6 Å². The van der Waals surface area contributed by atoms with Gasteiger partial charge in [-0.15, -0.1) is 0 Å². The molecule has 3 atom stereocenters. The molecule has 1 aliphatic carbocycles. The van der Waals surface area contributed by atoms with Crippen LogP contribution < -0.4 is 0 Å². The summed E-state index contributed by atoms with van der Waals surface area (Å²) in [6.07, 6.45) is 5.10. The molecule has 84 valence electrons. The van der Waals surface area contributed by atoms with Gasteiger partial charge in [0.2, 0.25) is 0 Å². The summed E-state index contributed by atoms with van der Waals surface area (Å²) >= 11 is 0. The van der Waals surface area contributed by atoms with Gasteiger partial charge in [-0.05, 0) is 31.1 Å². The van der Waals surface area contributed by atoms with Gasteiger partial charge in [-0.2, -0.15) is 5.06 Å². The number of nitrogens with zero attached hydrogens (tertiary/aromatic N) is 1. The monoisotopic (exact) mass is 199 g/mol. The summed E-state index contributed by atoms with van der Waals surface area (Å²) in [5, 5.41) is 2.10. The molecule has 0 heterocycles. The first kappa shape index (κ1) is 12.0. The Bertz CT molecular complexity index is 160. The molecule has 2 nitrogen and oxygen atoms in total. The molecule has 1 saturated carbocycles. The molecule has 3 unspecified atom stereocenters. The Balaban J connectivity index is 2.30.